The van der Waals surface area contributed by atoms with Crippen molar-refractivity contribution in [2.24, 2.45) is 0 Å². The molecular formula is C14H17FN2O3. The van der Waals surface area contributed by atoms with Gasteiger partial charge in [-0.3, -0.25) is 4.90 Å². The molecule has 1 aromatic carbocycles. The predicted molar refractivity (Wildman–Crippen MR) is 72.7 cm³/mol. The van der Waals surface area contributed by atoms with E-state index in [0.717, 1.165) is 0 Å². The van der Waals surface area contributed by atoms with Crippen LogP contribution in [0.5, 0.6) is 0 Å². The Balaban J connectivity index is 1.82. The minimum atomic E-state index is -0.420. The van der Waals surface area contributed by atoms with Crippen LogP contribution < -0.4 is 9.80 Å². The predicted octanol–water partition coefficient (Wildman–Crippen LogP) is 2.01. The Morgan fingerprint density at radius 2 is 2.05 bits per heavy atom. The molecule has 108 valence electrons. The summed E-state index contributed by atoms with van der Waals surface area (Å²) in [6.45, 7) is 4.85. The highest BCUT2D eigenvalue weighted by molar-refractivity contribution is 5.90. The van der Waals surface area contributed by atoms with Crippen molar-refractivity contribution in [3.8, 4) is 0 Å². The summed E-state index contributed by atoms with van der Waals surface area (Å²) in [6, 6.07) is 4.86. The van der Waals surface area contributed by atoms with Crippen molar-refractivity contribution in [1.82, 2.24) is 0 Å². The van der Waals surface area contributed by atoms with Gasteiger partial charge < -0.3 is 14.4 Å². The first kappa shape index (κ1) is 13.2. The molecule has 0 N–H and O–H groups in total. The van der Waals surface area contributed by atoms with Gasteiger partial charge >= 0.3 is 6.09 Å². The summed E-state index contributed by atoms with van der Waals surface area (Å²) in [6.07, 6.45) is -0.583. The molecule has 2 aliphatic rings. The van der Waals surface area contributed by atoms with Crippen molar-refractivity contribution in [3.05, 3.63) is 24.0 Å². The van der Waals surface area contributed by atoms with Crippen molar-refractivity contribution >= 4 is 17.5 Å². The lowest BCUT2D eigenvalue weighted by Gasteiger charge is -2.29. The summed E-state index contributed by atoms with van der Waals surface area (Å²) in [4.78, 5) is 15.0. The maximum absolute atomic E-state index is 14.3. The molecule has 0 aliphatic carbocycles. The van der Waals surface area contributed by atoms with Crippen molar-refractivity contribution in [2.75, 3.05) is 42.6 Å². The third-order valence-corrected chi connectivity index (χ3v) is 3.56. The highest BCUT2D eigenvalue weighted by Crippen LogP contribution is 2.28. The van der Waals surface area contributed by atoms with Crippen molar-refractivity contribution in [2.45, 2.75) is 13.0 Å². The number of rotatable bonds is 2. The van der Waals surface area contributed by atoms with E-state index in [1.54, 1.807) is 12.1 Å². The van der Waals surface area contributed by atoms with E-state index in [2.05, 4.69) is 0 Å². The van der Waals surface area contributed by atoms with Crippen molar-refractivity contribution < 1.29 is 18.7 Å². The van der Waals surface area contributed by atoms with Gasteiger partial charge in [0.25, 0.3) is 0 Å². The summed E-state index contributed by atoms with van der Waals surface area (Å²) in [7, 11) is 0. The second-order valence-electron chi connectivity index (χ2n) is 5.04. The van der Waals surface area contributed by atoms with Gasteiger partial charge in [0, 0.05) is 13.1 Å². The Hall–Kier alpha value is -1.82. The van der Waals surface area contributed by atoms with Crippen LogP contribution in [-0.2, 0) is 9.47 Å². The number of hydrogen-bond acceptors (Lipinski definition) is 4. The normalized spacial score (nSPS) is 23.1. The highest BCUT2D eigenvalue weighted by atomic mass is 19.1. The Labute approximate surface area is 116 Å². The first-order valence-electron chi connectivity index (χ1n) is 6.75. The number of cyclic esters (lactones) is 1. The Morgan fingerprint density at radius 1 is 1.30 bits per heavy atom. The largest absolute Gasteiger partial charge is 0.444 e. The molecule has 20 heavy (non-hydrogen) atoms. The number of carbonyl (C=O) groups is 1. The van der Waals surface area contributed by atoms with Crippen molar-refractivity contribution in [3.63, 3.8) is 0 Å². The van der Waals surface area contributed by atoms with E-state index >= 15 is 0 Å². The topological polar surface area (TPSA) is 42.0 Å². The molecule has 1 amide bonds. The summed E-state index contributed by atoms with van der Waals surface area (Å²) in [5.74, 6) is -0.322. The molecule has 1 atom stereocenters. The zero-order valence-corrected chi connectivity index (χ0v) is 11.3. The third-order valence-electron chi connectivity index (χ3n) is 3.56. The van der Waals surface area contributed by atoms with E-state index in [1.165, 1.54) is 11.0 Å². The Bertz CT molecular complexity index is 517. The molecule has 0 aromatic heterocycles. The second-order valence-corrected chi connectivity index (χ2v) is 5.04. The lowest BCUT2D eigenvalue weighted by atomic mass is 10.2. The molecule has 0 saturated carbocycles. The number of nitrogens with zero attached hydrogens (tertiary/aromatic N) is 2. The number of ether oxygens (including phenoxy) is 2. The first-order valence-corrected chi connectivity index (χ1v) is 6.75. The maximum Gasteiger partial charge on any atom is 0.414 e. The van der Waals surface area contributed by atoms with Gasteiger partial charge in [0.2, 0.25) is 0 Å². The number of morpholine rings is 1. The lowest BCUT2D eigenvalue weighted by molar-refractivity contribution is 0.122. The van der Waals surface area contributed by atoms with Gasteiger partial charge in [0.05, 0.1) is 31.1 Å². The minimum absolute atomic E-state index is 0.163. The number of hydrogen-bond donors (Lipinski definition) is 0. The Kier molecular flexibility index (Phi) is 3.48. The lowest BCUT2D eigenvalue weighted by Crippen LogP contribution is -2.36. The SMILES string of the molecule is C[C@@H]1CN(c2ccc(N3CCOCC3)c(F)c2)C(=O)O1. The summed E-state index contributed by atoms with van der Waals surface area (Å²) >= 11 is 0. The third kappa shape index (κ3) is 2.43. The van der Waals surface area contributed by atoms with Crippen LogP contribution in [0, 0.1) is 5.82 Å². The standard InChI is InChI=1S/C14H17FN2O3/c1-10-9-17(14(18)20-10)11-2-3-13(12(15)8-11)16-4-6-19-7-5-16/h2-3,8,10H,4-7,9H2,1H3/t10-/m1/s1. The highest BCUT2D eigenvalue weighted by Gasteiger charge is 2.30. The molecule has 0 spiro atoms. The van der Waals surface area contributed by atoms with Gasteiger partial charge in [-0.1, -0.05) is 0 Å². The van der Waals surface area contributed by atoms with Crippen LogP contribution in [0.25, 0.3) is 0 Å². The minimum Gasteiger partial charge on any atom is -0.444 e. The quantitative estimate of drug-likeness (QED) is 0.831. The molecule has 2 saturated heterocycles. The number of carbonyl (C=O) groups excluding carboxylic acids is 1. The van der Waals surface area contributed by atoms with Crippen LogP contribution >= 0.6 is 0 Å². The van der Waals surface area contributed by atoms with Gasteiger partial charge in [-0.2, -0.15) is 0 Å². The van der Waals surface area contributed by atoms with Crippen LogP contribution in [0.4, 0.5) is 20.6 Å². The molecule has 0 bridgehead atoms. The fourth-order valence-corrected chi connectivity index (χ4v) is 2.54. The average molecular weight is 280 g/mol. The molecule has 2 fully saturated rings. The molecule has 1 aromatic rings. The van der Waals surface area contributed by atoms with Crippen LogP contribution in [-0.4, -0.2) is 45.0 Å². The first-order chi connectivity index (χ1) is 9.65. The zero-order valence-electron chi connectivity index (χ0n) is 11.3. The van der Waals surface area contributed by atoms with Gasteiger partial charge in [-0.05, 0) is 25.1 Å². The number of anilines is 2. The van der Waals surface area contributed by atoms with E-state index in [1.807, 2.05) is 11.8 Å². The van der Waals surface area contributed by atoms with Crippen LogP contribution in [0.3, 0.4) is 0 Å². The monoisotopic (exact) mass is 280 g/mol. The van der Waals surface area contributed by atoms with Gasteiger partial charge in [0.1, 0.15) is 11.9 Å². The smallest absolute Gasteiger partial charge is 0.414 e. The maximum atomic E-state index is 14.3. The molecule has 3 rings (SSSR count). The van der Waals surface area contributed by atoms with E-state index < -0.39 is 6.09 Å². The van der Waals surface area contributed by atoms with Crippen LogP contribution in [0.1, 0.15) is 6.92 Å². The summed E-state index contributed by atoms with van der Waals surface area (Å²) < 4.78 is 24.6. The van der Waals surface area contributed by atoms with Gasteiger partial charge in [0.15, 0.2) is 0 Å². The van der Waals surface area contributed by atoms with E-state index in [0.29, 0.717) is 44.2 Å². The van der Waals surface area contributed by atoms with Crippen LogP contribution in [0.15, 0.2) is 18.2 Å². The fraction of sp³-hybridized carbons (Fsp3) is 0.500. The second kappa shape index (κ2) is 5.28. The van der Waals surface area contributed by atoms with E-state index in [9.17, 15) is 9.18 Å². The Morgan fingerprint density at radius 3 is 2.65 bits per heavy atom. The molecule has 2 heterocycles. The number of amides is 1. The molecule has 6 heteroatoms. The number of benzene rings is 1. The molecule has 0 radical (unpaired) electrons. The average Bonchev–Trinajstić information content (AvgIpc) is 2.78. The molecule has 2 aliphatic heterocycles. The van der Waals surface area contributed by atoms with Gasteiger partial charge in [-0.25, -0.2) is 9.18 Å². The molecule has 5 nitrogen and oxygen atoms in total. The number of halogens is 1. The zero-order chi connectivity index (χ0) is 14.1. The molecular weight excluding hydrogens is 263 g/mol. The summed E-state index contributed by atoms with van der Waals surface area (Å²) in [5, 5.41) is 0. The summed E-state index contributed by atoms with van der Waals surface area (Å²) in [5.41, 5.74) is 1.09. The fourth-order valence-electron chi connectivity index (χ4n) is 2.54. The van der Waals surface area contributed by atoms with Crippen LogP contribution in [0.2, 0.25) is 0 Å². The van der Waals surface area contributed by atoms with E-state index in [4.69, 9.17) is 9.47 Å². The van der Waals surface area contributed by atoms with Gasteiger partial charge in [-0.15, -0.1) is 0 Å². The van der Waals surface area contributed by atoms with Crippen molar-refractivity contribution in [1.29, 1.82) is 0 Å². The van der Waals surface area contributed by atoms with E-state index in [-0.39, 0.29) is 11.9 Å². The molecule has 0 unspecified atom stereocenters.